The molecule has 0 amide bonds. The minimum absolute atomic E-state index is 0.327. The number of nitrogens with zero attached hydrogens (tertiary/aromatic N) is 1. The number of nitrogen functional groups attached to an aromatic ring is 1. The number of piperidine rings is 1. The predicted molar refractivity (Wildman–Crippen MR) is 87.0 cm³/mol. The van der Waals surface area contributed by atoms with Crippen LogP contribution in [0.1, 0.15) is 44.0 Å². The summed E-state index contributed by atoms with van der Waals surface area (Å²) in [7, 11) is 0. The number of hydrogen-bond donors (Lipinski definition) is 1. The van der Waals surface area contributed by atoms with Gasteiger partial charge < -0.3 is 15.4 Å². The molecule has 0 aliphatic carbocycles. The van der Waals surface area contributed by atoms with Crippen molar-refractivity contribution in [3.05, 3.63) is 22.7 Å². The molecule has 2 N–H and O–H groups in total. The van der Waals surface area contributed by atoms with Crippen LogP contribution in [0.4, 0.5) is 11.4 Å². The van der Waals surface area contributed by atoms with Gasteiger partial charge >= 0.3 is 5.97 Å². The second kappa shape index (κ2) is 6.56. The Bertz CT molecular complexity index is 533. The fraction of sp³-hybridized carbons (Fsp3) is 0.562. The van der Waals surface area contributed by atoms with Crippen molar-refractivity contribution in [3.8, 4) is 0 Å². The summed E-state index contributed by atoms with van der Waals surface area (Å²) >= 11 is 6.40. The standard InChI is InChI=1S/C16H23ClN2O2/c1-4-21-16(20)13-8-12(18)9-14(17)15(13)19-7-5-6-10(2)11(19)3/h8-11H,4-7,18H2,1-3H3. The van der Waals surface area contributed by atoms with Crippen molar-refractivity contribution in [1.29, 1.82) is 0 Å². The summed E-state index contributed by atoms with van der Waals surface area (Å²) in [4.78, 5) is 14.4. The van der Waals surface area contributed by atoms with Crippen LogP contribution >= 0.6 is 11.6 Å². The van der Waals surface area contributed by atoms with E-state index in [1.165, 1.54) is 6.42 Å². The number of ether oxygens (including phenoxy) is 1. The van der Waals surface area contributed by atoms with Gasteiger partial charge in [0.1, 0.15) is 0 Å². The Labute approximate surface area is 131 Å². The molecule has 1 aliphatic rings. The number of carbonyl (C=O) groups is 1. The van der Waals surface area contributed by atoms with Crippen LogP contribution in [0.15, 0.2) is 12.1 Å². The zero-order chi connectivity index (χ0) is 15.6. The van der Waals surface area contributed by atoms with Gasteiger partial charge in [0.25, 0.3) is 0 Å². The van der Waals surface area contributed by atoms with Crippen LogP contribution in [0.2, 0.25) is 5.02 Å². The molecular formula is C16H23ClN2O2. The first-order valence-corrected chi connectivity index (χ1v) is 7.86. The summed E-state index contributed by atoms with van der Waals surface area (Å²) in [6, 6.07) is 3.68. The van der Waals surface area contributed by atoms with Gasteiger partial charge in [0, 0.05) is 18.3 Å². The lowest BCUT2D eigenvalue weighted by Gasteiger charge is -2.40. The van der Waals surface area contributed by atoms with Crippen molar-refractivity contribution >= 4 is 28.9 Å². The Morgan fingerprint density at radius 2 is 2.19 bits per heavy atom. The van der Waals surface area contributed by atoms with E-state index >= 15 is 0 Å². The number of rotatable bonds is 3. The van der Waals surface area contributed by atoms with Crippen LogP contribution in [-0.4, -0.2) is 25.2 Å². The fourth-order valence-corrected chi connectivity index (χ4v) is 3.26. The lowest BCUT2D eigenvalue weighted by atomic mass is 9.91. The van der Waals surface area contributed by atoms with E-state index in [2.05, 4.69) is 18.7 Å². The topological polar surface area (TPSA) is 55.6 Å². The smallest absolute Gasteiger partial charge is 0.340 e. The zero-order valence-corrected chi connectivity index (χ0v) is 13.6. The summed E-state index contributed by atoms with van der Waals surface area (Å²) in [6.45, 7) is 7.41. The fourth-order valence-electron chi connectivity index (χ4n) is 2.93. The molecule has 116 valence electrons. The molecule has 1 aliphatic heterocycles. The summed E-state index contributed by atoms with van der Waals surface area (Å²) in [5.74, 6) is 0.189. The number of carbonyl (C=O) groups excluding carboxylic acids is 1. The molecule has 2 atom stereocenters. The van der Waals surface area contributed by atoms with Crippen LogP contribution in [-0.2, 0) is 4.74 Å². The van der Waals surface area contributed by atoms with E-state index < -0.39 is 0 Å². The van der Waals surface area contributed by atoms with Gasteiger partial charge in [-0.2, -0.15) is 0 Å². The molecule has 0 saturated carbocycles. The highest BCUT2D eigenvalue weighted by Gasteiger charge is 2.30. The highest BCUT2D eigenvalue weighted by atomic mass is 35.5. The molecule has 1 saturated heterocycles. The Kier molecular flexibility index (Phi) is 4.99. The Morgan fingerprint density at radius 3 is 2.86 bits per heavy atom. The third-order valence-electron chi connectivity index (χ3n) is 4.24. The zero-order valence-electron chi connectivity index (χ0n) is 12.9. The highest BCUT2D eigenvalue weighted by Crippen LogP contribution is 2.37. The van der Waals surface area contributed by atoms with Gasteiger partial charge in [-0.3, -0.25) is 0 Å². The Hall–Kier alpha value is -1.42. The monoisotopic (exact) mass is 310 g/mol. The molecule has 1 fully saturated rings. The third kappa shape index (κ3) is 3.26. The second-order valence-corrected chi connectivity index (χ2v) is 6.08. The summed E-state index contributed by atoms with van der Waals surface area (Å²) in [5.41, 5.74) is 7.53. The molecule has 1 heterocycles. The van der Waals surface area contributed by atoms with Crippen LogP contribution in [0.25, 0.3) is 0 Å². The molecule has 1 aromatic rings. The molecule has 1 aromatic carbocycles. The van der Waals surface area contributed by atoms with Crippen molar-refractivity contribution in [2.24, 2.45) is 5.92 Å². The van der Waals surface area contributed by atoms with E-state index in [-0.39, 0.29) is 5.97 Å². The van der Waals surface area contributed by atoms with E-state index in [4.69, 9.17) is 22.1 Å². The number of nitrogens with two attached hydrogens (primary N) is 1. The third-order valence-corrected chi connectivity index (χ3v) is 4.53. The largest absolute Gasteiger partial charge is 0.462 e. The maximum atomic E-state index is 12.2. The molecule has 21 heavy (non-hydrogen) atoms. The van der Waals surface area contributed by atoms with Gasteiger partial charge in [0.15, 0.2) is 0 Å². The molecule has 2 rings (SSSR count). The first-order valence-electron chi connectivity index (χ1n) is 7.48. The number of anilines is 2. The van der Waals surface area contributed by atoms with Gasteiger partial charge in [-0.1, -0.05) is 18.5 Å². The van der Waals surface area contributed by atoms with Crippen molar-refractivity contribution < 1.29 is 9.53 Å². The van der Waals surface area contributed by atoms with Crippen LogP contribution in [0, 0.1) is 5.92 Å². The quantitative estimate of drug-likeness (QED) is 0.683. The number of halogens is 1. The maximum absolute atomic E-state index is 12.2. The maximum Gasteiger partial charge on any atom is 0.340 e. The van der Waals surface area contributed by atoms with E-state index in [9.17, 15) is 4.79 Å². The molecule has 4 nitrogen and oxygen atoms in total. The minimum Gasteiger partial charge on any atom is -0.462 e. The summed E-state index contributed by atoms with van der Waals surface area (Å²) < 4.78 is 5.15. The van der Waals surface area contributed by atoms with Crippen LogP contribution in [0.3, 0.4) is 0 Å². The van der Waals surface area contributed by atoms with E-state index in [0.29, 0.717) is 34.8 Å². The van der Waals surface area contributed by atoms with Crippen molar-refractivity contribution in [2.45, 2.75) is 39.7 Å². The van der Waals surface area contributed by atoms with Gasteiger partial charge in [0.05, 0.1) is 22.9 Å². The second-order valence-electron chi connectivity index (χ2n) is 5.67. The molecule has 0 radical (unpaired) electrons. The van der Waals surface area contributed by atoms with E-state index in [0.717, 1.165) is 18.7 Å². The average Bonchev–Trinajstić information content (AvgIpc) is 2.42. The first kappa shape index (κ1) is 16.0. The highest BCUT2D eigenvalue weighted by molar-refractivity contribution is 6.34. The normalized spacial score (nSPS) is 22.2. The van der Waals surface area contributed by atoms with E-state index in [1.54, 1.807) is 19.1 Å². The Morgan fingerprint density at radius 1 is 1.48 bits per heavy atom. The van der Waals surface area contributed by atoms with Crippen LogP contribution in [0.5, 0.6) is 0 Å². The van der Waals surface area contributed by atoms with Gasteiger partial charge in [-0.25, -0.2) is 4.79 Å². The molecule has 2 unspecified atom stereocenters. The average molecular weight is 311 g/mol. The Balaban J connectivity index is 2.48. The lowest BCUT2D eigenvalue weighted by molar-refractivity contribution is 0.0527. The van der Waals surface area contributed by atoms with E-state index in [1.807, 2.05) is 0 Å². The molecule has 0 spiro atoms. The number of esters is 1. The van der Waals surface area contributed by atoms with Crippen molar-refractivity contribution in [2.75, 3.05) is 23.8 Å². The van der Waals surface area contributed by atoms with Gasteiger partial charge in [-0.15, -0.1) is 0 Å². The summed E-state index contributed by atoms with van der Waals surface area (Å²) in [5, 5.41) is 0.513. The summed E-state index contributed by atoms with van der Waals surface area (Å²) in [6.07, 6.45) is 2.29. The number of benzene rings is 1. The lowest BCUT2D eigenvalue weighted by Crippen LogP contribution is -2.43. The molecule has 5 heteroatoms. The first-order chi connectivity index (χ1) is 9.95. The van der Waals surface area contributed by atoms with Crippen molar-refractivity contribution in [3.63, 3.8) is 0 Å². The molecule has 0 bridgehead atoms. The number of hydrogen-bond acceptors (Lipinski definition) is 4. The predicted octanol–water partition coefficient (Wildman–Crippen LogP) is 3.72. The minimum atomic E-state index is -0.368. The van der Waals surface area contributed by atoms with Gasteiger partial charge in [0.2, 0.25) is 0 Å². The van der Waals surface area contributed by atoms with Crippen molar-refractivity contribution in [1.82, 2.24) is 0 Å². The molecule has 0 aromatic heterocycles. The van der Waals surface area contributed by atoms with Gasteiger partial charge in [-0.05, 0) is 44.7 Å². The SMILES string of the molecule is CCOC(=O)c1cc(N)cc(Cl)c1N1CCCC(C)C1C. The van der Waals surface area contributed by atoms with Crippen LogP contribution < -0.4 is 10.6 Å². The molecular weight excluding hydrogens is 288 g/mol.